The van der Waals surface area contributed by atoms with Crippen molar-refractivity contribution in [3.8, 4) is 0 Å². The highest BCUT2D eigenvalue weighted by Crippen LogP contribution is 2.24. The zero-order valence-corrected chi connectivity index (χ0v) is 14.6. The summed E-state index contributed by atoms with van der Waals surface area (Å²) in [6.07, 6.45) is 0. The highest BCUT2D eigenvalue weighted by Gasteiger charge is 2.23. The van der Waals surface area contributed by atoms with E-state index < -0.39 is 4.92 Å². The van der Waals surface area contributed by atoms with E-state index in [9.17, 15) is 14.9 Å². The lowest BCUT2D eigenvalue weighted by molar-refractivity contribution is -0.384. The van der Waals surface area contributed by atoms with Crippen LogP contribution in [0.1, 0.15) is 15.9 Å². The van der Waals surface area contributed by atoms with Crippen molar-refractivity contribution in [3.63, 3.8) is 0 Å². The maximum atomic E-state index is 12.5. The van der Waals surface area contributed by atoms with Crippen LogP contribution in [-0.2, 0) is 0 Å². The summed E-state index contributed by atoms with van der Waals surface area (Å²) in [5.41, 5.74) is 2.55. The molecule has 25 heavy (non-hydrogen) atoms. The Bertz CT molecular complexity index is 800. The standard InChI is InChI=1S/C18H18ClN3O3/c1-13-2-5-16(12-17(13)19)20-8-10-21(11-9-20)18(23)14-3-6-15(7-4-14)22(24)25/h2-7,12H,8-11H2,1H3. The minimum absolute atomic E-state index is 0.0161. The Labute approximate surface area is 150 Å². The molecule has 0 atom stereocenters. The van der Waals surface area contributed by atoms with Crippen LogP contribution in [0, 0.1) is 17.0 Å². The van der Waals surface area contributed by atoms with Crippen LogP contribution in [0.2, 0.25) is 5.02 Å². The summed E-state index contributed by atoms with van der Waals surface area (Å²) in [4.78, 5) is 26.7. The van der Waals surface area contributed by atoms with Gasteiger partial charge in [0, 0.05) is 54.6 Å². The van der Waals surface area contributed by atoms with Gasteiger partial charge in [-0.05, 0) is 36.8 Å². The van der Waals surface area contributed by atoms with E-state index in [4.69, 9.17) is 11.6 Å². The Morgan fingerprint density at radius 3 is 2.28 bits per heavy atom. The number of hydrogen-bond acceptors (Lipinski definition) is 4. The SMILES string of the molecule is Cc1ccc(N2CCN(C(=O)c3ccc([N+](=O)[O-])cc3)CC2)cc1Cl. The van der Waals surface area contributed by atoms with E-state index in [1.165, 1.54) is 24.3 Å². The molecule has 1 aliphatic heterocycles. The number of nitro benzene ring substituents is 1. The maximum Gasteiger partial charge on any atom is 0.269 e. The van der Waals surface area contributed by atoms with Crippen molar-refractivity contribution in [1.82, 2.24) is 4.90 Å². The van der Waals surface area contributed by atoms with Crippen LogP contribution in [0.4, 0.5) is 11.4 Å². The van der Waals surface area contributed by atoms with E-state index in [1.54, 1.807) is 4.90 Å². The van der Waals surface area contributed by atoms with E-state index in [1.807, 2.05) is 25.1 Å². The first-order chi connectivity index (χ1) is 12.0. The third kappa shape index (κ3) is 3.74. The van der Waals surface area contributed by atoms with Crippen LogP contribution in [0.25, 0.3) is 0 Å². The highest BCUT2D eigenvalue weighted by atomic mass is 35.5. The molecular weight excluding hydrogens is 342 g/mol. The molecule has 0 aromatic heterocycles. The second-order valence-corrected chi connectivity index (χ2v) is 6.42. The van der Waals surface area contributed by atoms with Crippen LogP contribution in [0.15, 0.2) is 42.5 Å². The van der Waals surface area contributed by atoms with Gasteiger partial charge in [-0.15, -0.1) is 0 Å². The molecular formula is C18H18ClN3O3. The van der Waals surface area contributed by atoms with Crippen molar-refractivity contribution in [2.75, 3.05) is 31.1 Å². The summed E-state index contributed by atoms with van der Waals surface area (Å²) in [7, 11) is 0. The normalized spacial score (nSPS) is 14.5. The lowest BCUT2D eigenvalue weighted by Crippen LogP contribution is -2.48. The molecule has 0 saturated carbocycles. The molecule has 2 aromatic rings. The van der Waals surface area contributed by atoms with E-state index in [2.05, 4.69) is 4.90 Å². The Morgan fingerprint density at radius 2 is 1.72 bits per heavy atom. The molecule has 0 unspecified atom stereocenters. The molecule has 0 N–H and O–H groups in total. The Morgan fingerprint density at radius 1 is 1.08 bits per heavy atom. The number of piperazine rings is 1. The Balaban J connectivity index is 1.64. The number of halogens is 1. The molecule has 3 rings (SSSR count). The minimum Gasteiger partial charge on any atom is -0.368 e. The average Bonchev–Trinajstić information content (AvgIpc) is 2.63. The molecule has 6 nitrogen and oxygen atoms in total. The van der Waals surface area contributed by atoms with E-state index in [0.717, 1.165) is 29.4 Å². The molecule has 1 aliphatic rings. The number of anilines is 1. The van der Waals surface area contributed by atoms with Gasteiger partial charge in [-0.1, -0.05) is 17.7 Å². The van der Waals surface area contributed by atoms with Gasteiger partial charge in [0.15, 0.2) is 0 Å². The van der Waals surface area contributed by atoms with Gasteiger partial charge in [0.1, 0.15) is 0 Å². The number of aryl methyl sites for hydroxylation is 1. The van der Waals surface area contributed by atoms with Gasteiger partial charge in [-0.25, -0.2) is 0 Å². The smallest absolute Gasteiger partial charge is 0.269 e. The number of nitrogens with zero attached hydrogens (tertiary/aromatic N) is 3. The number of benzene rings is 2. The van der Waals surface area contributed by atoms with E-state index >= 15 is 0 Å². The summed E-state index contributed by atoms with van der Waals surface area (Å²) >= 11 is 6.19. The predicted molar refractivity (Wildman–Crippen MR) is 97.4 cm³/mol. The number of nitro groups is 1. The van der Waals surface area contributed by atoms with E-state index in [0.29, 0.717) is 18.7 Å². The summed E-state index contributed by atoms with van der Waals surface area (Å²) in [6.45, 7) is 4.60. The third-order valence-electron chi connectivity index (χ3n) is 4.41. The Hall–Kier alpha value is -2.60. The van der Waals surface area contributed by atoms with Crippen molar-refractivity contribution in [2.45, 2.75) is 6.92 Å². The molecule has 7 heteroatoms. The number of hydrogen-bond donors (Lipinski definition) is 0. The molecule has 2 aromatic carbocycles. The second kappa shape index (κ2) is 7.11. The fourth-order valence-electron chi connectivity index (χ4n) is 2.85. The second-order valence-electron chi connectivity index (χ2n) is 6.02. The molecule has 1 amide bonds. The van der Waals surface area contributed by atoms with Gasteiger partial charge in [0.25, 0.3) is 11.6 Å². The van der Waals surface area contributed by atoms with Gasteiger partial charge in [-0.3, -0.25) is 14.9 Å². The zero-order chi connectivity index (χ0) is 18.0. The minimum atomic E-state index is -0.472. The first-order valence-corrected chi connectivity index (χ1v) is 8.38. The molecule has 1 heterocycles. The molecule has 0 spiro atoms. The monoisotopic (exact) mass is 359 g/mol. The molecule has 0 bridgehead atoms. The number of non-ortho nitro benzene ring substituents is 1. The fraction of sp³-hybridized carbons (Fsp3) is 0.278. The van der Waals surface area contributed by atoms with E-state index in [-0.39, 0.29) is 11.6 Å². The number of carbonyl (C=O) groups excluding carboxylic acids is 1. The summed E-state index contributed by atoms with van der Waals surface area (Å²) in [5, 5.41) is 11.4. The summed E-state index contributed by atoms with van der Waals surface area (Å²) in [6, 6.07) is 11.7. The summed E-state index contributed by atoms with van der Waals surface area (Å²) in [5.74, 6) is -0.100. The van der Waals surface area contributed by atoms with Gasteiger partial charge in [0.2, 0.25) is 0 Å². The molecule has 130 valence electrons. The topological polar surface area (TPSA) is 66.7 Å². The number of rotatable bonds is 3. The average molecular weight is 360 g/mol. The largest absolute Gasteiger partial charge is 0.368 e. The first-order valence-electron chi connectivity index (χ1n) is 8.00. The van der Waals surface area contributed by atoms with Crippen LogP contribution in [0.3, 0.4) is 0 Å². The maximum absolute atomic E-state index is 12.5. The van der Waals surface area contributed by atoms with Crippen molar-refractivity contribution in [1.29, 1.82) is 0 Å². The summed E-state index contributed by atoms with van der Waals surface area (Å²) < 4.78 is 0. The Kier molecular flexibility index (Phi) is 4.90. The third-order valence-corrected chi connectivity index (χ3v) is 4.82. The van der Waals surface area contributed by atoms with Crippen LogP contribution < -0.4 is 4.90 Å². The quantitative estimate of drug-likeness (QED) is 0.621. The predicted octanol–water partition coefficient (Wildman–Crippen LogP) is 3.52. The van der Waals surface area contributed by atoms with Gasteiger partial charge >= 0.3 is 0 Å². The number of carbonyl (C=O) groups is 1. The molecule has 1 saturated heterocycles. The number of amides is 1. The van der Waals surface area contributed by atoms with Crippen LogP contribution >= 0.6 is 11.6 Å². The van der Waals surface area contributed by atoms with Gasteiger partial charge in [0.05, 0.1) is 4.92 Å². The molecule has 1 fully saturated rings. The van der Waals surface area contributed by atoms with Crippen molar-refractivity contribution in [2.24, 2.45) is 0 Å². The van der Waals surface area contributed by atoms with Crippen LogP contribution in [-0.4, -0.2) is 41.9 Å². The van der Waals surface area contributed by atoms with Crippen molar-refractivity contribution >= 4 is 28.9 Å². The van der Waals surface area contributed by atoms with Gasteiger partial charge < -0.3 is 9.80 Å². The first kappa shape index (κ1) is 17.2. The van der Waals surface area contributed by atoms with Crippen molar-refractivity contribution in [3.05, 3.63) is 68.7 Å². The molecule has 0 aliphatic carbocycles. The zero-order valence-electron chi connectivity index (χ0n) is 13.8. The molecule has 0 radical (unpaired) electrons. The fourth-order valence-corrected chi connectivity index (χ4v) is 3.03. The highest BCUT2D eigenvalue weighted by molar-refractivity contribution is 6.31. The lowest BCUT2D eigenvalue weighted by atomic mass is 10.1. The van der Waals surface area contributed by atoms with Gasteiger partial charge in [-0.2, -0.15) is 0 Å². The lowest BCUT2D eigenvalue weighted by Gasteiger charge is -2.36. The van der Waals surface area contributed by atoms with Crippen LogP contribution in [0.5, 0.6) is 0 Å². The van der Waals surface area contributed by atoms with Crippen molar-refractivity contribution < 1.29 is 9.72 Å².